The Morgan fingerprint density at radius 3 is 2.89 bits per heavy atom. The SMILES string of the molecule is Cc1nn(C2CCCC(CO)(NC3CC3)C2)cc1Cl. The zero-order valence-corrected chi connectivity index (χ0v) is 12.2. The fourth-order valence-corrected chi connectivity index (χ4v) is 3.32. The van der Waals surface area contributed by atoms with Crippen molar-refractivity contribution in [1.82, 2.24) is 15.1 Å². The van der Waals surface area contributed by atoms with Crippen LogP contribution in [-0.4, -0.2) is 33.1 Å². The van der Waals surface area contributed by atoms with Gasteiger partial charge in [-0.15, -0.1) is 0 Å². The molecule has 2 aliphatic rings. The van der Waals surface area contributed by atoms with E-state index in [0.29, 0.717) is 12.1 Å². The highest BCUT2D eigenvalue weighted by Crippen LogP contribution is 2.38. The van der Waals surface area contributed by atoms with Crippen LogP contribution in [0.25, 0.3) is 0 Å². The highest BCUT2D eigenvalue weighted by atomic mass is 35.5. The smallest absolute Gasteiger partial charge is 0.0815 e. The van der Waals surface area contributed by atoms with E-state index in [2.05, 4.69) is 10.4 Å². The molecule has 2 unspecified atom stereocenters. The number of halogens is 1. The van der Waals surface area contributed by atoms with Crippen LogP contribution < -0.4 is 5.32 Å². The summed E-state index contributed by atoms with van der Waals surface area (Å²) in [5.74, 6) is 0. The molecule has 5 heteroatoms. The van der Waals surface area contributed by atoms with E-state index in [9.17, 15) is 5.11 Å². The van der Waals surface area contributed by atoms with Gasteiger partial charge in [0.25, 0.3) is 0 Å². The van der Waals surface area contributed by atoms with Gasteiger partial charge in [-0.2, -0.15) is 5.10 Å². The van der Waals surface area contributed by atoms with E-state index < -0.39 is 0 Å². The van der Waals surface area contributed by atoms with Gasteiger partial charge in [0, 0.05) is 17.8 Å². The molecule has 2 aliphatic carbocycles. The highest BCUT2D eigenvalue weighted by molar-refractivity contribution is 6.31. The number of nitrogens with one attached hydrogen (secondary N) is 1. The summed E-state index contributed by atoms with van der Waals surface area (Å²) in [6.07, 6.45) is 8.67. The van der Waals surface area contributed by atoms with Gasteiger partial charge in [0.05, 0.1) is 23.4 Å². The minimum absolute atomic E-state index is 0.115. The van der Waals surface area contributed by atoms with Crippen LogP contribution in [0.15, 0.2) is 6.20 Å². The lowest BCUT2D eigenvalue weighted by Crippen LogP contribution is -2.52. The van der Waals surface area contributed by atoms with Gasteiger partial charge in [-0.3, -0.25) is 4.68 Å². The molecule has 19 heavy (non-hydrogen) atoms. The first-order chi connectivity index (χ1) is 9.12. The molecule has 1 aromatic heterocycles. The van der Waals surface area contributed by atoms with Gasteiger partial charge in [0.2, 0.25) is 0 Å². The number of rotatable bonds is 4. The molecule has 4 nitrogen and oxygen atoms in total. The predicted octanol–water partition coefficient (Wildman–Crippen LogP) is 2.44. The van der Waals surface area contributed by atoms with Crippen molar-refractivity contribution in [2.24, 2.45) is 0 Å². The van der Waals surface area contributed by atoms with Gasteiger partial charge in [-0.25, -0.2) is 0 Å². The maximum absolute atomic E-state index is 9.82. The van der Waals surface area contributed by atoms with Gasteiger partial charge in [-0.05, 0) is 45.4 Å². The number of hydrogen-bond donors (Lipinski definition) is 2. The zero-order chi connectivity index (χ0) is 13.5. The Morgan fingerprint density at radius 2 is 2.32 bits per heavy atom. The molecule has 0 saturated heterocycles. The number of aryl methyl sites for hydroxylation is 1. The highest BCUT2D eigenvalue weighted by Gasteiger charge is 2.40. The van der Waals surface area contributed by atoms with E-state index in [4.69, 9.17) is 11.6 Å². The Hall–Kier alpha value is -0.580. The first-order valence-electron chi connectivity index (χ1n) is 7.22. The third-order valence-corrected chi connectivity index (χ3v) is 4.81. The third kappa shape index (κ3) is 2.81. The molecule has 1 aromatic rings. The standard InChI is InChI=1S/C14H22ClN3O/c1-10-13(15)8-18(17-10)12-3-2-6-14(7-12,9-19)16-11-4-5-11/h8,11-12,16,19H,2-7,9H2,1H3. The molecule has 1 heterocycles. The molecular weight excluding hydrogens is 262 g/mol. The second kappa shape index (κ2) is 5.08. The molecule has 0 spiro atoms. The molecule has 2 N–H and O–H groups in total. The molecule has 3 rings (SSSR count). The van der Waals surface area contributed by atoms with Crippen LogP contribution in [0.4, 0.5) is 0 Å². The van der Waals surface area contributed by atoms with Gasteiger partial charge < -0.3 is 10.4 Å². The predicted molar refractivity (Wildman–Crippen MR) is 75.5 cm³/mol. The maximum Gasteiger partial charge on any atom is 0.0815 e. The molecule has 2 fully saturated rings. The summed E-state index contributed by atoms with van der Waals surface area (Å²) in [5.41, 5.74) is 0.771. The van der Waals surface area contributed by atoms with Crippen molar-refractivity contribution in [2.75, 3.05) is 6.61 Å². The number of aliphatic hydroxyl groups excluding tert-OH is 1. The Balaban J connectivity index is 1.75. The van der Waals surface area contributed by atoms with Gasteiger partial charge in [0.15, 0.2) is 0 Å². The van der Waals surface area contributed by atoms with E-state index >= 15 is 0 Å². The molecule has 2 saturated carbocycles. The third-order valence-electron chi connectivity index (χ3n) is 4.44. The van der Waals surface area contributed by atoms with E-state index in [-0.39, 0.29) is 12.1 Å². The van der Waals surface area contributed by atoms with Crippen LogP contribution in [0, 0.1) is 6.92 Å². The van der Waals surface area contributed by atoms with Crippen LogP contribution in [0.3, 0.4) is 0 Å². The fraction of sp³-hybridized carbons (Fsp3) is 0.786. The van der Waals surface area contributed by atoms with Crippen molar-refractivity contribution in [3.63, 3.8) is 0 Å². The van der Waals surface area contributed by atoms with Crippen molar-refractivity contribution in [2.45, 2.75) is 63.1 Å². The minimum Gasteiger partial charge on any atom is -0.394 e. The van der Waals surface area contributed by atoms with Crippen LogP contribution in [0.5, 0.6) is 0 Å². The topological polar surface area (TPSA) is 50.1 Å². The van der Waals surface area contributed by atoms with Crippen LogP contribution in [0.2, 0.25) is 5.02 Å². The lowest BCUT2D eigenvalue weighted by Gasteiger charge is -2.40. The first-order valence-corrected chi connectivity index (χ1v) is 7.59. The molecular formula is C14H22ClN3O. The van der Waals surface area contributed by atoms with Crippen molar-refractivity contribution in [3.8, 4) is 0 Å². The second-order valence-electron chi connectivity index (χ2n) is 6.15. The molecule has 106 valence electrons. The largest absolute Gasteiger partial charge is 0.394 e. The number of aromatic nitrogens is 2. The van der Waals surface area contributed by atoms with Crippen LogP contribution >= 0.6 is 11.6 Å². The van der Waals surface area contributed by atoms with Gasteiger partial charge in [-0.1, -0.05) is 11.6 Å². The quantitative estimate of drug-likeness (QED) is 0.892. The van der Waals surface area contributed by atoms with E-state index in [1.807, 2.05) is 17.8 Å². The van der Waals surface area contributed by atoms with Crippen molar-refractivity contribution in [1.29, 1.82) is 0 Å². The van der Waals surface area contributed by atoms with Crippen molar-refractivity contribution < 1.29 is 5.11 Å². The number of aliphatic hydroxyl groups is 1. The van der Waals surface area contributed by atoms with Crippen LogP contribution in [-0.2, 0) is 0 Å². The average molecular weight is 284 g/mol. The first kappa shape index (κ1) is 13.4. The number of hydrogen-bond acceptors (Lipinski definition) is 3. The Morgan fingerprint density at radius 1 is 1.53 bits per heavy atom. The average Bonchev–Trinajstić information content (AvgIpc) is 3.15. The van der Waals surface area contributed by atoms with Crippen molar-refractivity contribution in [3.05, 3.63) is 16.9 Å². The zero-order valence-electron chi connectivity index (χ0n) is 11.4. The van der Waals surface area contributed by atoms with E-state index in [1.165, 1.54) is 12.8 Å². The summed E-state index contributed by atoms with van der Waals surface area (Å²) in [6, 6.07) is 0.965. The second-order valence-corrected chi connectivity index (χ2v) is 6.56. The molecule has 0 aliphatic heterocycles. The lowest BCUT2D eigenvalue weighted by atomic mass is 9.79. The molecule has 0 radical (unpaired) electrons. The molecule has 0 bridgehead atoms. The summed E-state index contributed by atoms with van der Waals surface area (Å²) in [4.78, 5) is 0. The maximum atomic E-state index is 9.82. The summed E-state index contributed by atoms with van der Waals surface area (Å²) in [6.45, 7) is 2.15. The fourth-order valence-electron chi connectivity index (χ4n) is 3.18. The lowest BCUT2D eigenvalue weighted by molar-refractivity contribution is 0.0927. The Bertz CT molecular complexity index is 438. The summed E-state index contributed by atoms with van der Waals surface area (Å²) in [7, 11) is 0. The van der Waals surface area contributed by atoms with E-state index in [1.54, 1.807) is 0 Å². The number of nitrogens with zero attached hydrogens (tertiary/aromatic N) is 2. The summed E-state index contributed by atoms with van der Waals surface area (Å²) < 4.78 is 2.00. The van der Waals surface area contributed by atoms with Gasteiger partial charge >= 0.3 is 0 Å². The van der Waals surface area contributed by atoms with Crippen molar-refractivity contribution >= 4 is 11.6 Å². The Kier molecular flexibility index (Phi) is 3.58. The molecule has 0 aromatic carbocycles. The normalized spacial score (nSPS) is 31.6. The molecule has 0 amide bonds. The van der Waals surface area contributed by atoms with Crippen LogP contribution in [0.1, 0.15) is 50.3 Å². The summed E-state index contributed by atoms with van der Waals surface area (Å²) in [5, 5.41) is 18.7. The minimum atomic E-state index is -0.115. The monoisotopic (exact) mass is 283 g/mol. The van der Waals surface area contributed by atoms with Gasteiger partial charge in [0.1, 0.15) is 0 Å². The summed E-state index contributed by atoms with van der Waals surface area (Å²) >= 11 is 6.10. The van der Waals surface area contributed by atoms with E-state index in [0.717, 1.165) is 36.4 Å². The Labute approximate surface area is 119 Å². The molecule has 2 atom stereocenters.